The highest BCUT2D eigenvalue weighted by molar-refractivity contribution is 6.31. The number of ether oxygens (including phenoxy) is 1. The number of carbonyl (C=O) groups is 3. The first-order valence-corrected chi connectivity index (χ1v) is 11.5. The largest absolute Gasteiger partial charge is 0.444 e. The van der Waals surface area contributed by atoms with E-state index < -0.39 is 18.0 Å². The summed E-state index contributed by atoms with van der Waals surface area (Å²) in [5, 5.41) is 3.31. The van der Waals surface area contributed by atoms with Crippen LogP contribution in [0.2, 0.25) is 5.02 Å². The minimum absolute atomic E-state index is 0.116. The summed E-state index contributed by atoms with van der Waals surface area (Å²) in [6, 6.07) is 21.0. The number of aryl methyl sites for hydroxylation is 1. The lowest BCUT2D eigenvalue weighted by atomic mass is 10.1. The predicted octanol–water partition coefficient (Wildman–Crippen LogP) is 5.31. The molecule has 34 heavy (non-hydrogen) atoms. The second kappa shape index (κ2) is 10.5. The van der Waals surface area contributed by atoms with E-state index in [1.165, 1.54) is 0 Å². The van der Waals surface area contributed by atoms with Crippen molar-refractivity contribution in [3.63, 3.8) is 0 Å². The maximum atomic E-state index is 13.1. The number of halogens is 1. The Balaban J connectivity index is 1.52. The zero-order valence-electron chi connectivity index (χ0n) is 18.8. The summed E-state index contributed by atoms with van der Waals surface area (Å²) in [5.41, 5.74) is 3.09. The Morgan fingerprint density at radius 2 is 1.85 bits per heavy atom. The van der Waals surface area contributed by atoms with Gasteiger partial charge in [0.25, 0.3) is 5.91 Å². The van der Waals surface area contributed by atoms with Crippen LogP contribution in [0.1, 0.15) is 46.0 Å². The minimum Gasteiger partial charge on any atom is -0.444 e. The maximum Gasteiger partial charge on any atom is 0.339 e. The molecule has 1 aliphatic heterocycles. The fourth-order valence-electron chi connectivity index (χ4n) is 3.84. The zero-order valence-corrected chi connectivity index (χ0v) is 19.5. The Hall–Kier alpha value is -3.64. The van der Waals surface area contributed by atoms with Crippen molar-refractivity contribution in [1.29, 1.82) is 0 Å². The molecular formula is C27H25ClN2O4. The van der Waals surface area contributed by atoms with Gasteiger partial charge in [-0.25, -0.2) is 4.79 Å². The number of hydrogen-bond donors (Lipinski definition) is 1. The van der Waals surface area contributed by atoms with Gasteiger partial charge >= 0.3 is 5.97 Å². The number of benzene rings is 3. The lowest BCUT2D eigenvalue weighted by molar-refractivity contribution is -0.128. The normalized spacial score (nSPS) is 14.1. The third kappa shape index (κ3) is 5.64. The van der Waals surface area contributed by atoms with Crippen molar-refractivity contribution in [2.45, 2.75) is 32.4 Å². The van der Waals surface area contributed by atoms with Crippen LogP contribution in [0.3, 0.4) is 0 Å². The standard InChI is InChI=1S/C27H25ClN2O4/c1-18-12-13-22(16-23(18)28)29-26(32)25(20-8-3-2-4-9-20)34-27(33)21-10-5-7-19(15-21)17-30-14-6-11-24(30)31/h2-5,7-10,12-13,15-16,25H,6,11,14,17H2,1H3,(H,29,32). The van der Waals surface area contributed by atoms with E-state index in [1.807, 2.05) is 19.1 Å². The third-order valence-corrected chi connectivity index (χ3v) is 6.12. The molecule has 7 heteroatoms. The summed E-state index contributed by atoms with van der Waals surface area (Å²) >= 11 is 6.18. The zero-order chi connectivity index (χ0) is 24.1. The van der Waals surface area contributed by atoms with Gasteiger partial charge in [-0.15, -0.1) is 0 Å². The lowest BCUT2D eigenvalue weighted by Crippen LogP contribution is -2.26. The summed E-state index contributed by atoms with van der Waals surface area (Å²) in [5.74, 6) is -0.996. The fraction of sp³-hybridized carbons (Fsp3) is 0.222. The summed E-state index contributed by atoms with van der Waals surface area (Å²) < 4.78 is 5.69. The van der Waals surface area contributed by atoms with Crippen LogP contribution in [0.25, 0.3) is 0 Å². The van der Waals surface area contributed by atoms with Gasteiger partial charge in [0.1, 0.15) is 0 Å². The van der Waals surface area contributed by atoms with Gasteiger partial charge in [0.2, 0.25) is 12.0 Å². The van der Waals surface area contributed by atoms with Crippen molar-refractivity contribution < 1.29 is 19.1 Å². The Morgan fingerprint density at radius 3 is 2.56 bits per heavy atom. The number of rotatable bonds is 7. The highest BCUT2D eigenvalue weighted by Crippen LogP contribution is 2.25. The van der Waals surface area contributed by atoms with Gasteiger partial charge in [-0.1, -0.05) is 60.1 Å². The van der Waals surface area contributed by atoms with Crippen molar-refractivity contribution in [2.24, 2.45) is 0 Å². The molecule has 0 bridgehead atoms. The van der Waals surface area contributed by atoms with Gasteiger partial charge < -0.3 is 15.0 Å². The van der Waals surface area contributed by atoms with Crippen molar-refractivity contribution in [2.75, 3.05) is 11.9 Å². The van der Waals surface area contributed by atoms with Crippen LogP contribution in [0.4, 0.5) is 5.69 Å². The van der Waals surface area contributed by atoms with Crippen molar-refractivity contribution >= 4 is 35.1 Å². The SMILES string of the molecule is Cc1ccc(NC(=O)C(OC(=O)c2cccc(CN3CCCC3=O)c2)c2ccccc2)cc1Cl. The van der Waals surface area contributed by atoms with Gasteiger partial charge in [0, 0.05) is 35.8 Å². The second-order valence-electron chi connectivity index (χ2n) is 8.27. The van der Waals surface area contributed by atoms with Crippen molar-refractivity contribution in [3.8, 4) is 0 Å². The molecule has 0 aromatic heterocycles. The van der Waals surface area contributed by atoms with Crippen molar-refractivity contribution in [1.82, 2.24) is 4.90 Å². The van der Waals surface area contributed by atoms with Crippen LogP contribution in [-0.2, 0) is 20.9 Å². The lowest BCUT2D eigenvalue weighted by Gasteiger charge is -2.19. The number of esters is 1. The Labute approximate surface area is 203 Å². The monoisotopic (exact) mass is 476 g/mol. The molecule has 6 nitrogen and oxygen atoms in total. The average molecular weight is 477 g/mol. The third-order valence-electron chi connectivity index (χ3n) is 5.71. The van der Waals surface area contributed by atoms with Crippen LogP contribution >= 0.6 is 11.6 Å². The Morgan fingerprint density at radius 1 is 1.06 bits per heavy atom. The number of likely N-dealkylation sites (tertiary alicyclic amines) is 1. The molecule has 4 rings (SSSR count). The van der Waals surface area contributed by atoms with E-state index in [2.05, 4.69) is 5.32 Å². The van der Waals surface area contributed by atoms with Gasteiger partial charge in [-0.3, -0.25) is 9.59 Å². The van der Waals surface area contributed by atoms with E-state index >= 15 is 0 Å². The first kappa shape index (κ1) is 23.5. The first-order chi connectivity index (χ1) is 16.4. The summed E-state index contributed by atoms with van der Waals surface area (Å²) in [4.78, 5) is 39.9. The molecule has 1 unspecified atom stereocenters. The second-order valence-corrected chi connectivity index (χ2v) is 8.68. The smallest absolute Gasteiger partial charge is 0.339 e. The molecule has 1 atom stereocenters. The molecule has 1 heterocycles. The molecule has 0 spiro atoms. The van der Waals surface area contributed by atoms with Gasteiger partial charge in [0.15, 0.2) is 0 Å². The summed E-state index contributed by atoms with van der Waals surface area (Å²) in [7, 11) is 0. The molecule has 1 aliphatic rings. The predicted molar refractivity (Wildman–Crippen MR) is 131 cm³/mol. The average Bonchev–Trinajstić information content (AvgIpc) is 3.24. The van der Waals surface area contributed by atoms with Crippen molar-refractivity contribution in [3.05, 3.63) is 100 Å². The summed E-state index contributed by atoms with van der Waals surface area (Å²) in [6.45, 7) is 3.03. The Kier molecular flexibility index (Phi) is 7.28. The number of nitrogens with zero attached hydrogens (tertiary/aromatic N) is 1. The molecule has 3 aromatic rings. The topological polar surface area (TPSA) is 75.7 Å². The molecular weight excluding hydrogens is 452 g/mol. The molecule has 3 aromatic carbocycles. The van der Waals surface area contributed by atoms with Crippen LogP contribution in [0.15, 0.2) is 72.8 Å². The molecule has 0 saturated carbocycles. The molecule has 1 fully saturated rings. The maximum absolute atomic E-state index is 13.1. The molecule has 1 saturated heterocycles. The van der Waals surface area contributed by atoms with Gasteiger partial charge in [0.05, 0.1) is 5.56 Å². The van der Waals surface area contributed by atoms with Gasteiger partial charge in [-0.05, 0) is 48.7 Å². The number of nitrogens with one attached hydrogen (secondary N) is 1. The van der Waals surface area contributed by atoms with E-state index in [-0.39, 0.29) is 5.91 Å². The van der Waals surface area contributed by atoms with E-state index in [0.29, 0.717) is 41.3 Å². The van der Waals surface area contributed by atoms with Crippen LogP contribution in [0.5, 0.6) is 0 Å². The molecule has 1 N–H and O–H groups in total. The highest BCUT2D eigenvalue weighted by atomic mass is 35.5. The number of anilines is 1. The minimum atomic E-state index is -1.16. The molecule has 174 valence electrons. The van der Waals surface area contributed by atoms with E-state index in [9.17, 15) is 14.4 Å². The van der Waals surface area contributed by atoms with E-state index in [4.69, 9.17) is 16.3 Å². The molecule has 0 aliphatic carbocycles. The number of hydrogen-bond acceptors (Lipinski definition) is 4. The number of amides is 2. The number of carbonyl (C=O) groups excluding carboxylic acids is 3. The highest BCUT2D eigenvalue weighted by Gasteiger charge is 2.26. The fourth-order valence-corrected chi connectivity index (χ4v) is 4.02. The van der Waals surface area contributed by atoms with Crippen LogP contribution < -0.4 is 5.32 Å². The Bertz CT molecular complexity index is 1210. The molecule has 0 radical (unpaired) electrons. The van der Waals surface area contributed by atoms with E-state index in [0.717, 1.165) is 17.5 Å². The summed E-state index contributed by atoms with van der Waals surface area (Å²) in [6.07, 6.45) is 0.250. The van der Waals surface area contributed by atoms with Crippen LogP contribution in [-0.4, -0.2) is 29.2 Å². The van der Waals surface area contributed by atoms with Gasteiger partial charge in [-0.2, -0.15) is 0 Å². The van der Waals surface area contributed by atoms with Crippen LogP contribution in [0, 0.1) is 6.92 Å². The first-order valence-electron chi connectivity index (χ1n) is 11.1. The van der Waals surface area contributed by atoms with E-state index in [1.54, 1.807) is 65.6 Å². The molecule has 2 amide bonds. The quantitative estimate of drug-likeness (QED) is 0.469.